The molecule has 0 aliphatic carbocycles. The summed E-state index contributed by atoms with van der Waals surface area (Å²) in [6, 6.07) is 8.92. The topological polar surface area (TPSA) is 33.2 Å². The first-order valence-corrected chi connectivity index (χ1v) is 9.41. The van der Waals surface area contributed by atoms with Gasteiger partial charge in [-0.05, 0) is 18.2 Å². The smallest absolute Gasteiger partial charge is 0.0558 e. The number of hydrogen-bond donors (Lipinski definition) is 1. The third kappa shape index (κ3) is 4.48. The Morgan fingerprint density at radius 1 is 0.833 bits per heavy atom. The maximum Gasteiger partial charge on any atom is 0.0558 e. The Bertz CT molecular complexity index is 494. The Hall–Kier alpha value is -1.14. The molecule has 1 aromatic carbocycles. The van der Waals surface area contributed by atoms with Crippen LogP contribution in [0.15, 0.2) is 24.3 Å². The average molecular weight is 332 g/mol. The van der Waals surface area contributed by atoms with E-state index in [4.69, 9.17) is 5.11 Å². The summed E-state index contributed by atoms with van der Waals surface area (Å²) in [6.07, 6.45) is 0. The molecule has 2 saturated heterocycles. The highest BCUT2D eigenvalue weighted by Gasteiger charge is 2.21. The van der Waals surface area contributed by atoms with Crippen molar-refractivity contribution in [2.24, 2.45) is 0 Å². The lowest BCUT2D eigenvalue weighted by Crippen LogP contribution is -2.48. The summed E-state index contributed by atoms with van der Waals surface area (Å²) in [6.45, 7) is 14.5. The Morgan fingerprint density at radius 2 is 1.46 bits per heavy atom. The minimum Gasteiger partial charge on any atom is -0.395 e. The highest BCUT2D eigenvalue weighted by molar-refractivity contribution is 5.54. The van der Waals surface area contributed by atoms with E-state index in [0.29, 0.717) is 0 Å². The molecule has 2 aliphatic rings. The van der Waals surface area contributed by atoms with Gasteiger partial charge < -0.3 is 14.9 Å². The lowest BCUT2D eigenvalue weighted by Gasteiger charge is -2.38. The molecule has 0 radical (unpaired) electrons. The van der Waals surface area contributed by atoms with E-state index in [9.17, 15) is 0 Å². The van der Waals surface area contributed by atoms with Gasteiger partial charge in [-0.1, -0.05) is 25.1 Å². The molecule has 0 spiro atoms. The van der Waals surface area contributed by atoms with Gasteiger partial charge in [0.2, 0.25) is 0 Å². The zero-order valence-electron chi connectivity index (χ0n) is 15.0. The quantitative estimate of drug-likeness (QED) is 0.838. The fraction of sp³-hybridized carbons (Fsp3) is 0.684. The average Bonchev–Trinajstić information content (AvgIpc) is 2.64. The van der Waals surface area contributed by atoms with Crippen LogP contribution in [-0.4, -0.2) is 91.9 Å². The lowest BCUT2D eigenvalue weighted by molar-refractivity contribution is 0.108. The van der Waals surface area contributed by atoms with Crippen LogP contribution in [0.4, 0.5) is 5.69 Å². The molecule has 2 aliphatic heterocycles. The summed E-state index contributed by atoms with van der Waals surface area (Å²) in [5.41, 5.74) is 2.88. The number of aliphatic hydroxyl groups excluding tert-OH is 1. The fourth-order valence-corrected chi connectivity index (χ4v) is 3.81. The van der Waals surface area contributed by atoms with Crippen LogP contribution in [0.25, 0.3) is 0 Å². The van der Waals surface area contributed by atoms with Gasteiger partial charge in [0, 0.05) is 71.1 Å². The van der Waals surface area contributed by atoms with Crippen LogP contribution < -0.4 is 4.90 Å². The van der Waals surface area contributed by atoms with E-state index in [-0.39, 0.29) is 6.61 Å². The molecule has 1 N–H and O–H groups in total. The molecule has 0 amide bonds. The molecule has 0 saturated carbocycles. The van der Waals surface area contributed by atoms with Crippen molar-refractivity contribution in [2.45, 2.75) is 13.5 Å². The van der Waals surface area contributed by atoms with Gasteiger partial charge >= 0.3 is 0 Å². The van der Waals surface area contributed by atoms with Crippen LogP contribution in [0.2, 0.25) is 0 Å². The molecule has 0 unspecified atom stereocenters. The highest BCUT2D eigenvalue weighted by Crippen LogP contribution is 2.23. The third-order valence-electron chi connectivity index (χ3n) is 5.43. The van der Waals surface area contributed by atoms with E-state index in [2.05, 4.69) is 50.8 Å². The van der Waals surface area contributed by atoms with Gasteiger partial charge in [0.1, 0.15) is 0 Å². The number of hydrogen-bond acceptors (Lipinski definition) is 5. The lowest BCUT2D eigenvalue weighted by atomic mass is 10.1. The van der Waals surface area contributed by atoms with E-state index in [1.54, 1.807) is 0 Å². The van der Waals surface area contributed by atoms with Crippen molar-refractivity contribution in [1.29, 1.82) is 0 Å². The summed E-state index contributed by atoms with van der Waals surface area (Å²) >= 11 is 0. The first kappa shape index (κ1) is 17.7. The van der Waals surface area contributed by atoms with Gasteiger partial charge in [0.25, 0.3) is 0 Å². The number of β-amino-alcohol motifs (C(OH)–C–C–N with tert-alkyl or cyclic N) is 1. The molecular formula is C19H32N4O. The number of nitrogens with zero attached hydrogens (tertiary/aromatic N) is 4. The van der Waals surface area contributed by atoms with Crippen molar-refractivity contribution in [3.05, 3.63) is 29.8 Å². The van der Waals surface area contributed by atoms with Crippen molar-refractivity contribution in [2.75, 3.05) is 77.0 Å². The van der Waals surface area contributed by atoms with Crippen LogP contribution in [0, 0.1) is 0 Å². The van der Waals surface area contributed by atoms with Crippen LogP contribution in [0.3, 0.4) is 0 Å². The predicted molar refractivity (Wildman–Crippen MR) is 99.6 cm³/mol. The maximum atomic E-state index is 9.07. The Morgan fingerprint density at radius 3 is 2.12 bits per heavy atom. The van der Waals surface area contributed by atoms with Crippen LogP contribution in [-0.2, 0) is 6.54 Å². The minimum atomic E-state index is 0.270. The molecule has 0 bridgehead atoms. The van der Waals surface area contributed by atoms with E-state index < -0.39 is 0 Å². The summed E-state index contributed by atoms with van der Waals surface area (Å²) in [7, 11) is 0. The normalized spacial score (nSPS) is 21.3. The van der Waals surface area contributed by atoms with E-state index in [1.165, 1.54) is 24.3 Å². The molecule has 24 heavy (non-hydrogen) atoms. The minimum absolute atomic E-state index is 0.270. The number of benzene rings is 1. The zero-order valence-corrected chi connectivity index (χ0v) is 15.0. The van der Waals surface area contributed by atoms with Crippen molar-refractivity contribution >= 4 is 5.69 Å². The number of piperazine rings is 2. The van der Waals surface area contributed by atoms with Gasteiger partial charge in [-0.15, -0.1) is 0 Å². The van der Waals surface area contributed by atoms with E-state index in [1.807, 2.05) is 0 Å². The van der Waals surface area contributed by atoms with Gasteiger partial charge in [0.05, 0.1) is 6.61 Å². The largest absolute Gasteiger partial charge is 0.395 e. The second-order valence-electron chi connectivity index (χ2n) is 6.89. The molecule has 2 fully saturated rings. The van der Waals surface area contributed by atoms with Gasteiger partial charge in [-0.3, -0.25) is 9.80 Å². The SMILES string of the molecule is CCN1CCN(c2ccccc2CN2CCN(CCO)CC2)CC1. The van der Waals surface area contributed by atoms with Crippen LogP contribution in [0.5, 0.6) is 0 Å². The summed E-state index contributed by atoms with van der Waals surface area (Å²) in [5.74, 6) is 0. The maximum absolute atomic E-state index is 9.07. The van der Waals surface area contributed by atoms with Gasteiger partial charge in [0.15, 0.2) is 0 Å². The first-order valence-electron chi connectivity index (χ1n) is 9.41. The summed E-state index contributed by atoms with van der Waals surface area (Å²) < 4.78 is 0. The standard InChI is InChI=1S/C19H32N4O/c1-2-20-11-13-23(14-12-20)19-6-4-3-5-18(19)17-22-9-7-21(8-10-22)15-16-24/h3-6,24H,2,7-17H2,1H3. The zero-order chi connectivity index (χ0) is 16.8. The molecular weight excluding hydrogens is 300 g/mol. The monoisotopic (exact) mass is 332 g/mol. The second-order valence-corrected chi connectivity index (χ2v) is 6.89. The number of rotatable bonds is 6. The number of likely N-dealkylation sites (N-methyl/N-ethyl adjacent to an activating group) is 1. The number of anilines is 1. The van der Waals surface area contributed by atoms with Crippen LogP contribution in [0.1, 0.15) is 12.5 Å². The van der Waals surface area contributed by atoms with Crippen molar-refractivity contribution in [3.8, 4) is 0 Å². The summed E-state index contributed by atoms with van der Waals surface area (Å²) in [4.78, 5) is 9.99. The van der Waals surface area contributed by atoms with E-state index >= 15 is 0 Å². The predicted octanol–water partition coefficient (Wildman–Crippen LogP) is 0.938. The van der Waals surface area contributed by atoms with E-state index in [0.717, 1.165) is 58.9 Å². The number of aliphatic hydroxyl groups is 1. The van der Waals surface area contributed by atoms with Crippen LogP contribution >= 0.6 is 0 Å². The Labute approximate surface area is 146 Å². The van der Waals surface area contributed by atoms with Gasteiger partial charge in [-0.25, -0.2) is 0 Å². The van der Waals surface area contributed by atoms with Crippen molar-refractivity contribution < 1.29 is 5.11 Å². The Kier molecular flexibility index (Phi) is 6.49. The highest BCUT2D eigenvalue weighted by atomic mass is 16.3. The fourth-order valence-electron chi connectivity index (χ4n) is 3.81. The first-order chi connectivity index (χ1) is 11.8. The molecule has 3 rings (SSSR count). The molecule has 134 valence electrons. The molecule has 0 aromatic heterocycles. The molecule has 5 nitrogen and oxygen atoms in total. The molecule has 0 atom stereocenters. The third-order valence-corrected chi connectivity index (χ3v) is 5.43. The van der Waals surface area contributed by atoms with Crippen molar-refractivity contribution in [3.63, 3.8) is 0 Å². The number of para-hydroxylation sites is 1. The summed E-state index contributed by atoms with van der Waals surface area (Å²) in [5, 5.41) is 9.07. The molecule has 5 heteroatoms. The molecule has 1 aromatic rings. The second kappa shape index (κ2) is 8.81. The molecule has 2 heterocycles. The van der Waals surface area contributed by atoms with Gasteiger partial charge in [-0.2, -0.15) is 0 Å². The Balaban J connectivity index is 1.59. The van der Waals surface area contributed by atoms with Crippen molar-refractivity contribution in [1.82, 2.24) is 14.7 Å².